The number of carbonyl (C=O) groups excluding carboxylic acids is 2. The van der Waals surface area contributed by atoms with Crippen molar-refractivity contribution in [2.45, 2.75) is 39.2 Å². The van der Waals surface area contributed by atoms with E-state index in [1.807, 2.05) is 32.0 Å². The molecule has 0 spiro atoms. The molecule has 0 bridgehead atoms. The van der Waals surface area contributed by atoms with E-state index in [0.29, 0.717) is 23.7 Å². The molecule has 2 aromatic heterocycles. The average molecular weight is 419 g/mol. The number of rotatable bonds is 6. The van der Waals surface area contributed by atoms with Crippen molar-refractivity contribution in [3.8, 4) is 11.4 Å². The fraction of sp³-hybridized carbons (Fsp3) is 0.348. The molecule has 3 heterocycles. The topological polar surface area (TPSA) is 101 Å². The Hall–Kier alpha value is -3.55. The monoisotopic (exact) mass is 419 g/mol. The summed E-state index contributed by atoms with van der Waals surface area (Å²) in [7, 11) is 0. The molecule has 1 atom stereocenters. The van der Waals surface area contributed by atoms with Crippen molar-refractivity contribution in [2.75, 3.05) is 11.4 Å². The van der Waals surface area contributed by atoms with Crippen LogP contribution in [0.3, 0.4) is 0 Å². The van der Waals surface area contributed by atoms with Crippen molar-refractivity contribution < 1.29 is 14.1 Å². The molecule has 3 aromatic rings. The molecule has 31 heavy (non-hydrogen) atoms. The minimum absolute atomic E-state index is 0.0383. The second-order valence-electron chi connectivity index (χ2n) is 7.94. The number of piperidine rings is 1. The molecule has 8 heteroatoms. The van der Waals surface area contributed by atoms with Gasteiger partial charge in [0.15, 0.2) is 0 Å². The van der Waals surface area contributed by atoms with E-state index < -0.39 is 6.04 Å². The highest BCUT2D eigenvalue weighted by Gasteiger charge is 2.26. The van der Waals surface area contributed by atoms with E-state index in [-0.39, 0.29) is 17.7 Å². The second-order valence-corrected chi connectivity index (χ2v) is 7.94. The number of hydrogen-bond acceptors (Lipinski definition) is 6. The maximum Gasteiger partial charge on any atom is 0.251 e. The van der Waals surface area contributed by atoms with E-state index in [2.05, 4.69) is 20.4 Å². The Labute approximate surface area is 180 Å². The van der Waals surface area contributed by atoms with Crippen LogP contribution in [-0.4, -0.2) is 33.5 Å². The number of anilines is 1. The standard InChI is InChI=1S/C23H25N5O3/c1-15(2)20(23-26-21(27-31-23)17-6-5-12-24-14-17)25-22(30)16-8-10-18(11-9-16)28-13-4-3-7-19(28)29/h5-6,8-12,14-15,20H,3-4,7,13H2,1-2H3,(H,25,30). The van der Waals surface area contributed by atoms with Gasteiger partial charge in [0.1, 0.15) is 6.04 Å². The van der Waals surface area contributed by atoms with Crippen LogP contribution < -0.4 is 10.2 Å². The van der Waals surface area contributed by atoms with Crippen molar-refractivity contribution in [2.24, 2.45) is 5.92 Å². The molecule has 1 aliphatic rings. The lowest BCUT2D eigenvalue weighted by molar-refractivity contribution is -0.119. The molecule has 1 N–H and O–H groups in total. The summed E-state index contributed by atoms with van der Waals surface area (Å²) in [6, 6.07) is 10.3. The number of amides is 2. The lowest BCUT2D eigenvalue weighted by Crippen LogP contribution is -2.35. The molecule has 8 nitrogen and oxygen atoms in total. The number of pyridine rings is 1. The van der Waals surface area contributed by atoms with Gasteiger partial charge in [-0.1, -0.05) is 19.0 Å². The quantitative estimate of drug-likeness (QED) is 0.653. The minimum Gasteiger partial charge on any atom is -0.340 e. The van der Waals surface area contributed by atoms with E-state index in [1.165, 1.54) is 0 Å². The van der Waals surface area contributed by atoms with E-state index >= 15 is 0 Å². The third kappa shape index (κ3) is 4.63. The highest BCUT2D eigenvalue weighted by atomic mass is 16.5. The van der Waals surface area contributed by atoms with Crippen molar-refractivity contribution in [3.63, 3.8) is 0 Å². The van der Waals surface area contributed by atoms with Gasteiger partial charge in [0.25, 0.3) is 5.91 Å². The van der Waals surface area contributed by atoms with E-state index in [0.717, 1.165) is 30.6 Å². The van der Waals surface area contributed by atoms with Gasteiger partial charge >= 0.3 is 0 Å². The minimum atomic E-state index is -0.436. The van der Waals surface area contributed by atoms with Crippen LogP contribution >= 0.6 is 0 Å². The molecule has 0 radical (unpaired) electrons. The van der Waals surface area contributed by atoms with Crippen LogP contribution in [0.5, 0.6) is 0 Å². The van der Waals surface area contributed by atoms with Gasteiger partial charge in [0, 0.05) is 42.2 Å². The molecule has 1 fully saturated rings. The van der Waals surface area contributed by atoms with Gasteiger partial charge in [-0.2, -0.15) is 4.98 Å². The molecule has 0 aliphatic carbocycles. The maximum absolute atomic E-state index is 12.9. The second kappa shape index (κ2) is 9.07. The summed E-state index contributed by atoms with van der Waals surface area (Å²) in [5, 5.41) is 7.02. The fourth-order valence-electron chi connectivity index (χ4n) is 3.58. The Kier molecular flexibility index (Phi) is 6.06. The third-order valence-electron chi connectivity index (χ3n) is 5.35. The van der Waals surface area contributed by atoms with Crippen LogP contribution in [-0.2, 0) is 4.79 Å². The van der Waals surface area contributed by atoms with E-state index in [1.54, 1.807) is 35.5 Å². The number of benzene rings is 1. The highest BCUT2D eigenvalue weighted by Crippen LogP contribution is 2.25. The van der Waals surface area contributed by atoms with Crippen LogP contribution in [0.2, 0.25) is 0 Å². The van der Waals surface area contributed by atoms with Crippen molar-refractivity contribution >= 4 is 17.5 Å². The first-order valence-electron chi connectivity index (χ1n) is 10.5. The van der Waals surface area contributed by atoms with Crippen LogP contribution in [0.25, 0.3) is 11.4 Å². The summed E-state index contributed by atoms with van der Waals surface area (Å²) in [5.41, 5.74) is 2.07. The first-order valence-corrected chi connectivity index (χ1v) is 10.5. The number of aromatic nitrogens is 3. The number of carbonyl (C=O) groups is 2. The first-order chi connectivity index (χ1) is 15.0. The smallest absolute Gasteiger partial charge is 0.251 e. The lowest BCUT2D eigenvalue weighted by atomic mass is 10.0. The highest BCUT2D eigenvalue weighted by molar-refractivity contribution is 5.97. The molecule has 1 unspecified atom stereocenters. The average Bonchev–Trinajstić information content (AvgIpc) is 3.28. The Morgan fingerprint density at radius 2 is 1.97 bits per heavy atom. The zero-order valence-corrected chi connectivity index (χ0v) is 17.6. The SMILES string of the molecule is CC(C)C(NC(=O)c1ccc(N2CCCCC2=O)cc1)c1nc(-c2cccnc2)no1. The zero-order valence-electron chi connectivity index (χ0n) is 17.6. The number of nitrogens with one attached hydrogen (secondary N) is 1. The van der Waals surface area contributed by atoms with Gasteiger partial charge in [-0.15, -0.1) is 0 Å². The third-order valence-corrected chi connectivity index (χ3v) is 5.35. The van der Waals surface area contributed by atoms with Gasteiger partial charge in [-0.05, 0) is 55.2 Å². The van der Waals surface area contributed by atoms with Gasteiger partial charge in [-0.3, -0.25) is 14.6 Å². The van der Waals surface area contributed by atoms with Crippen LogP contribution in [0.4, 0.5) is 5.69 Å². The van der Waals surface area contributed by atoms with E-state index in [4.69, 9.17) is 4.52 Å². The summed E-state index contributed by atoms with van der Waals surface area (Å²) in [5.74, 6) is 0.702. The molecule has 4 rings (SSSR count). The summed E-state index contributed by atoms with van der Waals surface area (Å²) in [6.45, 7) is 4.67. The zero-order chi connectivity index (χ0) is 21.8. The Balaban J connectivity index is 1.48. The molecule has 2 amide bonds. The van der Waals surface area contributed by atoms with Gasteiger partial charge in [0.05, 0.1) is 0 Å². The molecule has 1 aromatic carbocycles. The molecule has 1 saturated heterocycles. The molecular weight excluding hydrogens is 394 g/mol. The lowest BCUT2D eigenvalue weighted by Gasteiger charge is -2.27. The van der Waals surface area contributed by atoms with Crippen molar-refractivity contribution in [1.29, 1.82) is 0 Å². The van der Waals surface area contributed by atoms with Gasteiger partial charge in [-0.25, -0.2) is 0 Å². The van der Waals surface area contributed by atoms with Crippen LogP contribution in [0, 0.1) is 5.92 Å². The maximum atomic E-state index is 12.9. The Morgan fingerprint density at radius 3 is 2.65 bits per heavy atom. The number of hydrogen-bond donors (Lipinski definition) is 1. The van der Waals surface area contributed by atoms with Gasteiger partial charge < -0.3 is 14.7 Å². The number of nitrogens with zero attached hydrogens (tertiary/aromatic N) is 4. The molecule has 1 aliphatic heterocycles. The molecule has 0 saturated carbocycles. The largest absolute Gasteiger partial charge is 0.340 e. The van der Waals surface area contributed by atoms with Gasteiger partial charge in [0.2, 0.25) is 17.6 Å². The van der Waals surface area contributed by atoms with Crippen LogP contribution in [0.1, 0.15) is 55.4 Å². The summed E-state index contributed by atoms with van der Waals surface area (Å²) >= 11 is 0. The molecule has 160 valence electrons. The predicted octanol–water partition coefficient (Wildman–Crippen LogP) is 3.78. The van der Waals surface area contributed by atoms with E-state index in [9.17, 15) is 9.59 Å². The Bertz CT molecular complexity index is 1050. The summed E-state index contributed by atoms with van der Waals surface area (Å²) < 4.78 is 5.44. The summed E-state index contributed by atoms with van der Waals surface area (Å²) in [6.07, 6.45) is 5.84. The molecular formula is C23H25N5O3. The van der Waals surface area contributed by atoms with Crippen molar-refractivity contribution in [3.05, 3.63) is 60.2 Å². The Morgan fingerprint density at radius 1 is 1.16 bits per heavy atom. The van der Waals surface area contributed by atoms with Crippen LogP contribution in [0.15, 0.2) is 53.3 Å². The fourth-order valence-corrected chi connectivity index (χ4v) is 3.58. The normalized spacial score (nSPS) is 15.2. The predicted molar refractivity (Wildman–Crippen MR) is 115 cm³/mol. The summed E-state index contributed by atoms with van der Waals surface area (Å²) in [4.78, 5) is 35.3. The first kappa shape index (κ1) is 20.7. The van der Waals surface area contributed by atoms with Crippen molar-refractivity contribution in [1.82, 2.24) is 20.4 Å².